The summed E-state index contributed by atoms with van der Waals surface area (Å²) in [5.74, 6) is 2.59. The van der Waals surface area contributed by atoms with E-state index in [0.29, 0.717) is 23.3 Å². The number of nitrogens with zero attached hydrogens (tertiary/aromatic N) is 10. The lowest BCUT2D eigenvalue weighted by molar-refractivity contribution is 0.541. The van der Waals surface area contributed by atoms with Gasteiger partial charge in [-0.2, -0.15) is 0 Å². The first kappa shape index (κ1) is 102. The number of benzene rings is 8. The highest BCUT2D eigenvalue weighted by Crippen LogP contribution is 2.47. The fourth-order valence-corrected chi connectivity index (χ4v) is 24.0. The molecule has 12 heteroatoms. The van der Waals surface area contributed by atoms with Gasteiger partial charge >= 0.3 is 0 Å². The van der Waals surface area contributed by atoms with E-state index in [-0.39, 0.29) is 0 Å². The summed E-state index contributed by atoms with van der Waals surface area (Å²) in [6.45, 7) is 22.4. The average molecular weight is 1880 g/mol. The van der Waals surface area contributed by atoms with Crippen LogP contribution in [0.3, 0.4) is 0 Å². The number of aromatic nitrogens is 12. The van der Waals surface area contributed by atoms with Gasteiger partial charge in [0.15, 0.2) is 23.3 Å². The van der Waals surface area contributed by atoms with Crippen LogP contribution in [-0.2, 0) is 51.9 Å². The maximum absolute atomic E-state index is 6.09. The molecule has 0 amide bonds. The zero-order valence-electron chi connectivity index (χ0n) is 88.3. The molecule has 0 atom stereocenters. The topological polar surface area (TPSA) is 129 Å². The van der Waals surface area contributed by atoms with Gasteiger partial charge in [0.05, 0.1) is 0 Å². The van der Waals surface area contributed by atoms with E-state index in [1.54, 1.807) is 0 Å². The van der Waals surface area contributed by atoms with E-state index in [1.165, 1.54) is 443 Å². The average Bonchev–Trinajstić information content (AvgIpc) is 1.55. The van der Waals surface area contributed by atoms with Crippen molar-refractivity contribution >= 4 is 131 Å². The predicted molar refractivity (Wildman–Crippen MR) is 607 cm³/mol. The first-order valence-electron chi connectivity index (χ1n) is 58.4. The van der Waals surface area contributed by atoms with E-state index in [0.717, 1.165) is 144 Å². The number of rotatable bonds is 64. The van der Waals surface area contributed by atoms with Crippen LogP contribution < -0.4 is 0 Å². The van der Waals surface area contributed by atoms with E-state index < -0.39 is 0 Å². The van der Waals surface area contributed by atoms with Crippen molar-refractivity contribution in [3.05, 3.63) is 144 Å². The van der Waals surface area contributed by atoms with Gasteiger partial charge in [-0.05, 0) is 172 Å². The number of unbranched alkanes of at least 4 members (excludes halogenated alkanes) is 48. The van der Waals surface area contributed by atoms with Crippen molar-refractivity contribution in [2.45, 2.75) is 467 Å². The molecule has 0 saturated carbocycles. The molecule has 2 aliphatic heterocycles. The Kier molecular flexibility index (Phi) is 37.8. The standard InChI is InChI=1S/C128H174N12/c1-9-17-25-33-37-41-45-49-53-61-77-137-113-81-93(65-57-29-21-13-5)69-73-97(113)101-85-105-109(89-117(101)137)125-129-121(105)134-126-111-91-119-103(99-75-71-95(67-59-31-23-15-7)83-115(99)139(119)79-63-55-51-47-43-39-35-27-19-11-3)87-107(111)123(131-126)136-128-112-92-120-104(100-76-72-96(68-60-32-24-16-8)84-116(100)140(120)80-64-56-52-48-44-40-36-28-20-12-4)88-108(112)124(132-128)135-127-110-90-118-102(86-106(110)122(130-127)133-125)98-74-70-94(66-58-30-22-14-6)82-114(98)138(118)78-62-54-50-46-42-38-34-26-18-10-2/h69-76,81-92H,9-68,77-80H2,1-8H3,(H2,129,130,131,132,133,134,135,136). The van der Waals surface area contributed by atoms with Crippen molar-refractivity contribution in [2.75, 3.05) is 0 Å². The lowest BCUT2D eigenvalue weighted by Crippen LogP contribution is -1.99. The second-order valence-electron chi connectivity index (χ2n) is 43.3. The summed E-state index contributed by atoms with van der Waals surface area (Å²) < 4.78 is 10.8. The van der Waals surface area contributed by atoms with Crippen LogP contribution in [0.5, 0.6) is 0 Å². The fraction of sp³-hybridized carbons (Fsp3) is 0.562. The maximum atomic E-state index is 6.09. The second kappa shape index (κ2) is 52.0. The molecular formula is C128H174N12. The number of aryl methyl sites for hydroxylation is 8. The molecule has 17 rings (SSSR count). The van der Waals surface area contributed by atoms with Crippen LogP contribution in [0.4, 0.5) is 0 Å². The molecule has 746 valence electrons. The Morgan fingerprint density at radius 3 is 0.586 bits per heavy atom. The van der Waals surface area contributed by atoms with Gasteiger partial charge in [-0.3, -0.25) is 0 Å². The molecule has 2 N–H and O–H groups in total. The van der Waals surface area contributed by atoms with Crippen LogP contribution in [0.15, 0.2) is 121 Å². The van der Waals surface area contributed by atoms with Gasteiger partial charge in [0.25, 0.3) is 0 Å². The van der Waals surface area contributed by atoms with E-state index in [1.807, 2.05) is 0 Å². The summed E-state index contributed by atoms with van der Waals surface area (Å²) in [7, 11) is 0. The third-order valence-electron chi connectivity index (χ3n) is 32.2. The summed E-state index contributed by atoms with van der Waals surface area (Å²) in [5.41, 5.74) is 22.9. The zero-order chi connectivity index (χ0) is 96.1. The highest BCUT2D eigenvalue weighted by atomic mass is 15.1. The highest BCUT2D eigenvalue weighted by molar-refractivity contribution is 6.21. The van der Waals surface area contributed by atoms with Gasteiger partial charge in [-0.1, -0.05) is 412 Å². The van der Waals surface area contributed by atoms with Crippen LogP contribution in [-0.4, -0.2) is 58.1 Å². The highest BCUT2D eigenvalue weighted by Gasteiger charge is 2.30. The molecule has 140 heavy (non-hydrogen) atoms. The minimum absolute atomic E-state index is 0.647. The minimum atomic E-state index is 0.647. The first-order valence-corrected chi connectivity index (χ1v) is 58.4. The summed E-state index contributed by atoms with van der Waals surface area (Å²) in [6, 6.07) is 49.6. The molecule has 9 heterocycles. The lowest BCUT2D eigenvalue weighted by atomic mass is 10.0. The maximum Gasteiger partial charge on any atom is 0.164 e. The lowest BCUT2D eigenvalue weighted by Gasteiger charge is -2.10. The predicted octanol–water partition coefficient (Wildman–Crippen LogP) is 39.5. The van der Waals surface area contributed by atoms with Gasteiger partial charge in [-0.15, -0.1) is 0 Å². The normalized spacial score (nSPS) is 12.4. The number of H-pyrrole nitrogens is 2. The van der Waals surface area contributed by atoms with Gasteiger partial charge in [0.1, 0.15) is 22.6 Å². The van der Waals surface area contributed by atoms with Crippen molar-refractivity contribution in [1.82, 2.24) is 58.1 Å². The number of hydrogen-bond donors (Lipinski definition) is 2. The van der Waals surface area contributed by atoms with Crippen LogP contribution >= 0.6 is 0 Å². The Labute approximate surface area is 839 Å². The van der Waals surface area contributed by atoms with Crippen LogP contribution in [0.25, 0.3) is 177 Å². The first-order chi connectivity index (χ1) is 69.2. The molecule has 15 aromatic rings. The summed E-state index contributed by atoms with van der Waals surface area (Å²) in [6.07, 6.45) is 76.2. The summed E-state index contributed by atoms with van der Waals surface area (Å²) in [4.78, 5) is 44.4. The van der Waals surface area contributed by atoms with Crippen molar-refractivity contribution in [2.24, 2.45) is 0 Å². The zero-order valence-corrected chi connectivity index (χ0v) is 88.3. The Hall–Kier alpha value is -9.68. The third-order valence-corrected chi connectivity index (χ3v) is 32.2. The van der Waals surface area contributed by atoms with Crippen molar-refractivity contribution in [1.29, 1.82) is 0 Å². The van der Waals surface area contributed by atoms with Gasteiger partial charge in [0.2, 0.25) is 0 Å². The number of aromatic amines is 2. The van der Waals surface area contributed by atoms with Gasteiger partial charge in [0, 0.05) is 157 Å². The van der Waals surface area contributed by atoms with E-state index in [9.17, 15) is 0 Å². The Morgan fingerprint density at radius 1 is 0.164 bits per heavy atom. The van der Waals surface area contributed by atoms with E-state index in [4.69, 9.17) is 29.9 Å². The van der Waals surface area contributed by atoms with Gasteiger partial charge in [-0.25, -0.2) is 29.9 Å². The van der Waals surface area contributed by atoms with Gasteiger partial charge < -0.3 is 28.2 Å². The molecule has 12 nitrogen and oxygen atoms in total. The molecule has 0 aliphatic carbocycles. The summed E-state index contributed by atoms with van der Waals surface area (Å²) in [5, 5.41) is 14.2. The van der Waals surface area contributed by atoms with Crippen LogP contribution in [0, 0.1) is 0 Å². The third kappa shape index (κ3) is 24.7. The Balaban J connectivity index is 0.907. The Morgan fingerprint density at radius 2 is 0.350 bits per heavy atom. The van der Waals surface area contributed by atoms with Crippen LogP contribution in [0.1, 0.15) is 437 Å². The molecule has 8 aromatic carbocycles. The van der Waals surface area contributed by atoms with Crippen molar-refractivity contribution in [3.8, 4) is 45.6 Å². The molecule has 2 aliphatic rings. The minimum Gasteiger partial charge on any atom is -0.340 e. The molecule has 7 aromatic heterocycles. The molecule has 0 saturated heterocycles. The number of nitrogens with one attached hydrogen (secondary N) is 2. The smallest absolute Gasteiger partial charge is 0.164 e. The van der Waals surface area contributed by atoms with Crippen molar-refractivity contribution in [3.63, 3.8) is 0 Å². The fourth-order valence-electron chi connectivity index (χ4n) is 24.0. The van der Waals surface area contributed by atoms with E-state index in [2.05, 4.69) is 205 Å². The van der Waals surface area contributed by atoms with Crippen molar-refractivity contribution < 1.29 is 0 Å². The Bertz CT molecular complexity index is 6340. The monoisotopic (exact) mass is 1880 g/mol. The molecule has 0 spiro atoms. The second-order valence-corrected chi connectivity index (χ2v) is 43.3. The van der Waals surface area contributed by atoms with E-state index >= 15 is 0 Å². The summed E-state index contributed by atoms with van der Waals surface area (Å²) >= 11 is 0. The molecular weight excluding hydrogens is 1710 g/mol. The molecule has 8 bridgehead atoms. The molecule has 0 radical (unpaired) electrons. The quantitative estimate of drug-likeness (QED) is 0.0365. The largest absolute Gasteiger partial charge is 0.340 e. The van der Waals surface area contributed by atoms with Crippen LogP contribution in [0.2, 0.25) is 0 Å². The number of fused-ring (bicyclic) bond motifs is 32. The molecule has 0 fully saturated rings. The molecule has 0 unspecified atom stereocenters. The SMILES string of the molecule is CCCCCCCCCCCCn1c2cc(CCCCCC)ccc2c2cc3c(cc21)-c1nc-3nc2[nH]c(nc3nc(nc4[nH]c(n1)c1cc5c6ccc(CCCCCC)cc6n(CCCCCCCCCCCC)c5cc41)-c1cc4c5ccc(CCCCCC)cc5n(CCCCCCCCCCCC)c4cc1-3)c1cc3c4ccc(CCCCCC)cc4n(CCCCCCCCCCCC)c3cc21. The number of hydrogen-bond acceptors (Lipinski definition) is 6.